The van der Waals surface area contributed by atoms with Crippen LogP contribution in [0.1, 0.15) is 37.4 Å². The number of phenols is 1. The van der Waals surface area contributed by atoms with E-state index in [1.54, 1.807) is 6.07 Å². The molecule has 0 bridgehead atoms. The maximum absolute atomic E-state index is 9.99. The van der Waals surface area contributed by atoms with Gasteiger partial charge in [-0.05, 0) is 45.7 Å². The lowest BCUT2D eigenvalue weighted by atomic mass is 10.0. The average molecular weight is 248 g/mol. The van der Waals surface area contributed by atoms with Gasteiger partial charge in [0.2, 0.25) is 0 Å². The van der Waals surface area contributed by atoms with Gasteiger partial charge in [0.25, 0.3) is 0 Å². The minimum atomic E-state index is 0.258. The Hall–Kier alpha value is -1.06. The summed E-state index contributed by atoms with van der Waals surface area (Å²) in [6.45, 7) is 8.42. The Bertz CT molecular complexity index is 417. The van der Waals surface area contributed by atoms with E-state index in [-0.39, 0.29) is 12.1 Å². The lowest BCUT2D eigenvalue weighted by Crippen LogP contribution is -2.31. The first-order valence-electron chi connectivity index (χ1n) is 6.78. The number of aromatic hydroxyl groups is 1. The zero-order valence-corrected chi connectivity index (χ0v) is 11.6. The smallest absolute Gasteiger partial charge is 0.120 e. The Morgan fingerprint density at radius 3 is 2.72 bits per heavy atom. The van der Waals surface area contributed by atoms with Crippen LogP contribution in [-0.2, 0) is 0 Å². The molecule has 3 atom stereocenters. The summed E-state index contributed by atoms with van der Waals surface area (Å²) < 4.78 is 0. The van der Waals surface area contributed by atoms with Gasteiger partial charge >= 0.3 is 0 Å². The predicted molar refractivity (Wildman–Crippen MR) is 74.6 cm³/mol. The molecular formula is C15H24N2O. The number of hydrogen-bond acceptors (Lipinski definition) is 3. The van der Waals surface area contributed by atoms with Crippen LogP contribution < -0.4 is 5.73 Å². The van der Waals surface area contributed by atoms with E-state index in [0.717, 1.165) is 25.1 Å². The zero-order chi connectivity index (χ0) is 13.3. The average Bonchev–Trinajstić information content (AvgIpc) is 2.81. The molecule has 1 aromatic carbocycles. The lowest BCUT2D eigenvalue weighted by Gasteiger charge is -2.26. The van der Waals surface area contributed by atoms with Gasteiger partial charge in [0.05, 0.1) is 0 Å². The van der Waals surface area contributed by atoms with Crippen molar-refractivity contribution in [3.63, 3.8) is 0 Å². The highest BCUT2D eigenvalue weighted by Gasteiger charge is 2.29. The van der Waals surface area contributed by atoms with Crippen LogP contribution >= 0.6 is 0 Å². The molecule has 0 saturated carbocycles. The number of nitrogens with zero attached hydrogens (tertiary/aromatic N) is 1. The van der Waals surface area contributed by atoms with E-state index in [2.05, 4.69) is 31.7 Å². The van der Waals surface area contributed by atoms with Crippen molar-refractivity contribution in [2.45, 2.75) is 39.3 Å². The summed E-state index contributed by atoms with van der Waals surface area (Å²) >= 11 is 0. The van der Waals surface area contributed by atoms with Gasteiger partial charge in [-0.15, -0.1) is 0 Å². The normalized spacial score (nSPS) is 24.1. The van der Waals surface area contributed by atoms with Crippen LogP contribution in [0.5, 0.6) is 5.75 Å². The first kappa shape index (κ1) is 13.4. The van der Waals surface area contributed by atoms with Crippen molar-refractivity contribution in [3.05, 3.63) is 29.3 Å². The molecule has 3 heteroatoms. The summed E-state index contributed by atoms with van der Waals surface area (Å²) in [5, 5.41) is 9.99. The fraction of sp³-hybridized carbons (Fsp3) is 0.600. The summed E-state index contributed by atoms with van der Waals surface area (Å²) in [5.74, 6) is 0.983. The van der Waals surface area contributed by atoms with Gasteiger partial charge in [-0.3, -0.25) is 4.90 Å². The van der Waals surface area contributed by atoms with E-state index in [4.69, 9.17) is 5.73 Å². The van der Waals surface area contributed by atoms with Gasteiger partial charge < -0.3 is 10.8 Å². The number of hydrogen-bond donors (Lipinski definition) is 2. The molecule has 1 aliphatic rings. The van der Waals surface area contributed by atoms with Crippen LogP contribution in [0.15, 0.2) is 18.2 Å². The first-order chi connectivity index (χ1) is 8.49. The van der Waals surface area contributed by atoms with Crippen LogP contribution in [0.2, 0.25) is 0 Å². The topological polar surface area (TPSA) is 49.5 Å². The van der Waals surface area contributed by atoms with Gasteiger partial charge in [-0.2, -0.15) is 0 Å². The molecule has 3 unspecified atom stereocenters. The van der Waals surface area contributed by atoms with Crippen LogP contribution in [0.3, 0.4) is 0 Å². The maximum atomic E-state index is 9.99. The van der Waals surface area contributed by atoms with Crippen molar-refractivity contribution in [3.8, 4) is 5.75 Å². The molecule has 3 nitrogen and oxygen atoms in total. The van der Waals surface area contributed by atoms with E-state index in [9.17, 15) is 5.11 Å². The number of phenolic OH excluding ortho intramolecular Hbond substituents is 1. The second kappa shape index (κ2) is 5.29. The van der Waals surface area contributed by atoms with Gasteiger partial charge in [-0.25, -0.2) is 0 Å². The molecule has 1 aliphatic heterocycles. The third-order valence-corrected chi connectivity index (χ3v) is 4.18. The summed E-state index contributed by atoms with van der Waals surface area (Å²) in [4.78, 5) is 2.42. The second-order valence-electron chi connectivity index (χ2n) is 5.64. The van der Waals surface area contributed by atoms with Crippen molar-refractivity contribution in [2.75, 3.05) is 13.1 Å². The van der Waals surface area contributed by atoms with Crippen molar-refractivity contribution in [2.24, 2.45) is 11.7 Å². The summed E-state index contributed by atoms with van der Waals surface area (Å²) in [6.07, 6.45) is 1.16. The molecule has 1 saturated heterocycles. The molecular weight excluding hydrogens is 224 g/mol. The minimum Gasteiger partial charge on any atom is -0.508 e. The van der Waals surface area contributed by atoms with Crippen LogP contribution in [0.4, 0.5) is 0 Å². The molecule has 0 aromatic heterocycles. The summed E-state index contributed by atoms with van der Waals surface area (Å²) in [7, 11) is 0. The molecule has 0 spiro atoms. The van der Waals surface area contributed by atoms with Gasteiger partial charge in [0.1, 0.15) is 5.75 Å². The van der Waals surface area contributed by atoms with E-state index < -0.39 is 0 Å². The Morgan fingerprint density at radius 1 is 1.39 bits per heavy atom. The van der Waals surface area contributed by atoms with E-state index in [0.29, 0.717) is 11.7 Å². The van der Waals surface area contributed by atoms with Gasteiger partial charge in [-0.1, -0.05) is 17.7 Å². The van der Waals surface area contributed by atoms with Crippen molar-refractivity contribution < 1.29 is 5.11 Å². The van der Waals surface area contributed by atoms with Crippen LogP contribution in [-0.4, -0.2) is 29.1 Å². The lowest BCUT2D eigenvalue weighted by molar-refractivity contribution is 0.243. The Labute approximate surface area is 110 Å². The van der Waals surface area contributed by atoms with Crippen LogP contribution in [0.25, 0.3) is 0 Å². The fourth-order valence-electron chi connectivity index (χ4n) is 2.80. The molecule has 3 N–H and O–H groups in total. The molecule has 1 heterocycles. The quantitative estimate of drug-likeness (QED) is 0.863. The maximum Gasteiger partial charge on any atom is 0.120 e. The van der Waals surface area contributed by atoms with Crippen molar-refractivity contribution in [1.82, 2.24) is 4.90 Å². The number of likely N-dealkylation sites (tertiary alicyclic amines) is 1. The number of benzene rings is 1. The minimum absolute atomic E-state index is 0.258. The van der Waals surface area contributed by atoms with Gasteiger partial charge in [0, 0.05) is 24.2 Å². The molecule has 0 aliphatic carbocycles. The molecule has 0 amide bonds. The fourth-order valence-corrected chi connectivity index (χ4v) is 2.80. The number of nitrogens with two attached hydrogens (primary N) is 1. The number of aryl methyl sites for hydroxylation is 1. The van der Waals surface area contributed by atoms with Crippen molar-refractivity contribution in [1.29, 1.82) is 0 Å². The molecule has 2 rings (SSSR count). The van der Waals surface area contributed by atoms with E-state index in [1.807, 2.05) is 6.07 Å². The standard InChI is InChI=1S/C15H24N2O/c1-10-4-5-15(18)14(8-10)12(3)17-7-6-13(9-17)11(2)16/h4-5,8,11-13,18H,6-7,9,16H2,1-3H3. The molecule has 18 heavy (non-hydrogen) atoms. The van der Waals surface area contributed by atoms with E-state index in [1.165, 1.54) is 5.56 Å². The monoisotopic (exact) mass is 248 g/mol. The third kappa shape index (κ3) is 2.68. The largest absolute Gasteiger partial charge is 0.508 e. The summed E-state index contributed by atoms with van der Waals surface area (Å²) in [5.41, 5.74) is 8.20. The summed E-state index contributed by atoms with van der Waals surface area (Å²) in [6, 6.07) is 6.33. The Morgan fingerprint density at radius 2 is 2.11 bits per heavy atom. The predicted octanol–water partition coefficient (Wildman–Crippen LogP) is 2.43. The molecule has 0 radical (unpaired) electrons. The second-order valence-corrected chi connectivity index (χ2v) is 5.64. The van der Waals surface area contributed by atoms with Crippen molar-refractivity contribution >= 4 is 0 Å². The van der Waals surface area contributed by atoms with E-state index >= 15 is 0 Å². The highest BCUT2D eigenvalue weighted by molar-refractivity contribution is 5.37. The van der Waals surface area contributed by atoms with Gasteiger partial charge in [0.15, 0.2) is 0 Å². The number of rotatable bonds is 3. The Balaban J connectivity index is 2.12. The molecule has 1 fully saturated rings. The molecule has 1 aromatic rings. The zero-order valence-electron chi connectivity index (χ0n) is 11.6. The van der Waals surface area contributed by atoms with Crippen LogP contribution in [0, 0.1) is 12.8 Å². The first-order valence-corrected chi connectivity index (χ1v) is 6.78. The highest BCUT2D eigenvalue weighted by Crippen LogP contribution is 2.33. The third-order valence-electron chi connectivity index (χ3n) is 4.18. The SMILES string of the molecule is Cc1ccc(O)c(C(C)N2CCC(C(C)N)C2)c1. The molecule has 100 valence electrons. The highest BCUT2D eigenvalue weighted by atomic mass is 16.3. The Kier molecular flexibility index (Phi) is 3.93.